The van der Waals surface area contributed by atoms with Crippen molar-refractivity contribution in [2.24, 2.45) is 0 Å². The molecule has 0 fully saturated rings. The first-order valence-corrected chi connectivity index (χ1v) is 7.42. The number of carboxylic acids is 1. The van der Waals surface area contributed by atoms with Crippen molar-refractivity contribution in [2.45, 2.75) is 26.4 Å². The lowest BCUT2D eigenvalue weighted by molar-refractivity contribution is -0.142. The molecule has 0 aliphatic rings. The van der Waals surface area contributed by atoms with E-state index in [1.807, 2.05) is 42.1 Å². The van der Waals surface area contributed by atoms with E-state index in [4.69, 9.17) is 5.11 Å². The Hall–Kier alpha value is -1.66. The average Bonchev–Trinajstić information content (AvgIpc) is 2.79. The number of nitrogens with zero attached hydrogens (tertiary/aromatic N) is 3. The molecule has 112 valence electrons. The second-order valence-electron chi connectivity index (χ2n) is 5.09. The van der Waals surface area contributed by atoms with Gasteiger partial charge in [0.15, 0.2) is 0 Å². The van der Waals surface area contributed by atoms with Crippen molar-refractivity contribution >= 4 is 21.9 Å². The zero-order chi connectivity index (χ0) is 15.6. The van der Waals surface area contributed by atoms with Gasteiger partial charge in [0, 0.05) is 22.8 Å². The van der Waals surface area contributed by atoms with Crippen LogP contribution in [0.2, 0.25) is 0 Å². The van der Waals surface area contributed by atoms with Gasteiger partial charge in [-0.25, -0.2) is 4.68 Å². The fourth-order valence-electron chi connectivity index (χ4n) is 1.97. The molecule has 0 bridgehead atoms. The van der Waals surface area contributed by atoms with Gasteiger partial charge in [0.2, 0.25) is 0 Å². The highest BCUT2D eigenvalue weighted by Gasteiger charge is 2.18. The molecule has 21 heavy (non-hydrogen) atoms. The third kappa shape index (κ3) is 3.71. The van der Waals surface area contributed by atoms with Crippen LogP contribution in [-0.4, -0.2) is 38.8 Å². The molecule has 0 amide bonds. The number of halogens is 1. The highest BCUT2D eigenvalue weighted by atomic mass is 79.9. The van der Waals surface area contributed by atoms with E-state index in [9.17, 15) is 4.79 Å². The summed E-state index contributed by atoms with van der Waals surface area (Å²) in [5.74, 6) is -0.824. The number of likely N-dealkylation sites (N-methyl/N-ethyl adjacent to an activating group) is 1. The van der Waals surface area contributed by atoms with Gasteiger partial charge < -0.3 is 5.11 Å². The monoisotopic (exact) mass is 351 g/mol. The predicted octanol–water partition coefficient (Wildman–Crippen LogP) is 2.85. The summed E-state index contributed by atoms with van der Waals surface area (Å²) in [6.07, 6.45) is 1.95. The van der Waals surface area contributed by atoms with E-state index < -0.39 is 12.0 Å². The quantitative estimate of drug-likeness (QED) is 0.899. The summed E-state index contributed by atoms with van der Waals surface area (Å²) < 4.78 is 2.83. The molecule has 1 aromatic heterocycles. The first-order chi connectivity index (χ1) is 9.88. The Morgan fingerprint density at radius 2 is 2.05 bits per heavy atom. The van der Waals surface area contributed by atoms with Crippen molar-refractivity contribution in [3.8, 4) is 5.69 Å². The first kappa shape index (κ1) is 15.7. The third-order valence-corrected chi connectivity index (χ3v) is 4.06. The van der Waals surface area contributed by atoms with Gasteiger partial charge in [0.1, 0.15) is 6.04 Å². The SMILES string of the molecule is Cc1nn(-c2ccc(Br)cc2)cc1CN(C)C(C)C(=O)O. The molecule has 5 nitrogen and oxygen atoms in total. The van der Waals surface area contributed by atoms with Crippen molar-refractivity contribution in [2.75, 3.05) is 7.05 Å². The number of hydrogen-bond donors (Lipinski definition) is 1. The van der Waals surface area contributed by atoms with Crippen molar-refractivity contribution < 1.29 is 9.90 Å². The molecule has 1 aromatic carbocycles. The standard InChI is InChI=1S/C15H18BrN3O2/c1-10-12(8-18(3)11(2)15(20)21)9-19(17-10)14-6-4-13(16)5-7-14/h4-7,9,11H,8H2,1-3H3,(H,20,21). The molecule has 0 saturated heterocycles. The topological polar surface area (TPSA) is 58.4 Å². The molecule has 1 heterocycles. The summed E-state index contributed by atoms with van der Waals surface area (Å²) in [4.78, 5) is 12.8. The van der Waals surface area contributed by atoms with Crippen LogP contribution in [0, 0.1) is 6.92 Å². The summed E-state index contributed by atoms with van der Waals surface area (Å²) in [6.45, 7) is 4.16. The molecule has 1 N–H and O–H groups in total. The molecule has 2 aromatic rings. The van der Waals surface area contributed by atoms with E-state index in [1.54, 1.807) is 18.9 Å². The molecule has 0 spiro atoms. The number of aliphatic carboxylic acids is 1. The largest absolute Gasteiger partial charge is 0.480 e. The van der Waals surface area contributed by atoms with Crippen LogP contribution in [0.15, 0.2) is 34.9 Å². The molecule has 1 unspecified atom stereocenters. The van der Waals surface area contributed by atoms with Crippen LogP contribution in [0.5, 0.6) is 0 Å². The predicted molar refractivity (Wildman–Crippen MR) is 84.6 cm³/mol. The second-order valence-corrected chi connectivity index (χ2v) is 6.01. The minimum absolute atomic E-state index is 0.527. The number of hydrogen-bond acceptors (Lipinski definition) is 3. The molecule has 0 radical (unpaired) electrons. The van der Waals surface area contributed by atoms with Crippen LogP contribution in [0.4, 0.5) is 0 Å². The Kier molecular flexibility index (Phi) is 4.80. The fraction of sp³-hybridized carbons (Fsp3) is 0.333. The van der Waals surface area contributed by atoms with Gasteiger partial charge in [-0.2, -0.15) is 5.10 Å². The van der Waals surface area contributed by atoms with E-state index in [0.29, 0.717) is 6.54 Å². The average molecular weight is 352 g/mol. The smallest absolute Gasteiger partial charge is 0.320 e. The van der Waals surface area contributed by atoms with Gasteiger partial charge in [-0.3, -0.25) is 9.69 Å². The Morgan fingerprint density at radius 3 is 2.62 bits per heavy atom. The third-order valence-electron chi connectivity index (χ3n) is 3.53. The summed E-state index contributed by atoms with van der Waals surface area (Å²) in [5, 5.41) is 13.5. The van der Waals surface area contributed by atoms with Crippen LogP contribution in [0.3, 0.4) is 0 Å². The van der Waals surface area contributed by atoms with Crippen LogP contribution in [-0.2, 0) is 11.3 Å². The number of carboxylic acid groups (broad SMARTS) is 1. The number of benzene rings is 1. The zero-order valence-corrected chi connectivity index (χ0v) is 13.8. The summed E-state index contributed by atoms with van der Waals surface area (Å²) >= 11 is 3.41. The lowest BCUT2D eigenvalue weighted by Gasteiger charge is -2.20. The lowest BCUT2D eigenvalue weighted by Crippen LogP contribution is -2.35. The summed E-state index contributed by atoms with van der Waals surface area (Å²) in [7, 11) is 1.80. The van der Waals surface area contributed by atoms with Gasteiger partial charge in [-0.1, -0.05) is 15.9 Å². The molecule has 0 aliphatic heterocycles. The van der Waals surface area contributed by atoms with E-state index in [1.165, 1.54) is 0 Å². The van der Waals surface area contributed by atoms with Gasteiger partial charge in [-0.05, 0) is 45.2 Å². The molecule has 0 saturated carbocycles. The molecule has 1 atom stereocenters. The number of aryl methyl sites for hydroxylation is 1. The Labute approximate surface area is 132 Å². The van der Waals surface area contributed by atoms with Crippen LogP contribution >= 0.6 is 15.9 Å². The molecule has 0 aliphatic carbocycles. The highest BCUT2D eigenvalue weighted by Crippen LogP contribution is 2.17. The Bertz CT molecular complexity index is 637. The molecule has 6 heteroatoms. The van der Waals surface area contributed by atoms with E-state index in [-0.39, 0.29) is 0 Å². The molecular weight excluding hydrogens is 334 g/mol. The van der Waals surface area contributed by atoms with E-state index in [0.717, 1.165) is 21.4 Å². The van der Waals surface area contributed by atoms with Gasteiger partial charge >= 0.3 is 5.97 Å². The lowest BCUT2D eigenvalue weighted by atomic mass is 10.2. The fourth-order valence-corrected chi connectivity index (χ4v) is 2.24. The normalized spacial score (nSPS) is 12.6. The van der Waals surface area contributed by atoms with Gasteiger partial charge in [0.05, 0.1) is 11.4 Å². The number of carbonyl (C=O) groups is 1. The molecular formula is C15H18BrN3O2. The minimum atomic E-state index is -0.824. The summed E-state index contributed by atoms with van der Waals surface area (Å²) in [5.41, 5.74) is 2.90. The van der Waals surface area contributed by atoms with Crippen LogP contribution < -0.4 is 0 Å². The molecule has 2 rings (SSSR count). The van der Waals surface area contributed by atoms with Gasteiger partial charge in [0.25, 0.3) is 0 Å². The number of aromatic nitrogens is 2. The maximum Gasteiger partial charge on any atom is 0.320 e. The minimum Gasteiger partial charge on any atom is -0.480 e. The van der Waals surface area contributed by atoms with Crippen LogP contribution in [0.1, 0.15) is 18.2 Å². The summed E-state index contributed by atoms with van der Waals surface area (Å²) in [6, 6.07) is 7.35. The van der Waals surface area contributed by atoms with Crippen molar-refractivity contribution in [3.63, 3.8) is 0 Å². The first-order valence-electron chi connectivity index (χ1n) is 6.62. The Balaban J connectivity index is 2.19. The van der Waals surface area contributed by atoms with Crippen molar-refractivity contribution in [3.05, 3.63) is 46.2 Å². The van der Waals surface area contributed by atoms with Crippen molar-refractivity contribution in [1.82, 2.24) is 14.7 Å². The van der Waals surface area contributed by atoms with Crippen molar-refractivity contribution in [1.29, 1.82) is 0 Å². The highest BCUT2D eigenvalue weighted by molar-refractivity contribution is 9.10. The van der Waals surface area contributed by atoms with Gasteiger partial charge in [-0.15, -0.1) is 0 Å². The van der Waals surface area contributed by atoms with E-state index in [2.05, 4.69) is 21.0 Å². The maximum absolute atomic E-state index is 11.0. The Morgan fingerprint density at radius 1 is 1.43 bits per heavy atom. The van der Waals surface area contributed by atoms with Crippen LogP contribution in [0.25, 0.3) is 5.69 Å². The van der Waals surface area contributed by atoms with E-state index >= 15 is 0 Å². The number of rotatable bonds is 5. The maximum atomic E-state index is 11.0. The second kappa shape index (κ2) is 6.41. The zero-order valence-electron chi connectivity index (χ0n) is 12.2.